The summed E-state index contributed by atoms with van der Waals surface area (Å²) >= 11 is 0. The molecule has 1 aromatic heterocycles. The summed E-state index contributed by atoms with van der Waals surface area (Å²) in [5.41, 5.74) is 1.94. The monoisotopic (exact) mass is 273 g/mol. The number of rotatable bonds is 6. The number of aromatic nitrogens is 2. The van der Waals surface area contributed by atoms with Crippen LogP contribution < -0.4 is 5.32 Å². The van der Waals surface area contributed by atoms with Crippen molar-refractivity contribution in [3.63, 3.8) is 0 Å². The first-order chi connectivity index (χ1) is 9.66. The molecule has 20 heavy (non-hydrogen) atoms. The van der Waals surface area contributed by atoms with Crippen molar-refractivity contribution >= 4 is 22.9 Å². The highest BCUT2D eigenvalue weighted by Gasteiger charge is 2.06. The lowest BCUT2D eigenvalue weighted by atomic mass is 10.1. The Morgan fingerprint density at radius 3 is 2.60 bits per heavy atom. The predicted molar refractivity (Wildman–Crippen MR) is 73.4 cm³/mol. The normalized spacial score (nSPS) is 10.4. The van der Waals surface area contributed by atoms with E-state index in [-0.39, 0.29) is 12.3 Å². The van der Waals surface area contributed by atoms with Gasteiger partial charge in [-0.25, -0.2) is 0 Å². The van der Waals surface area contributed by atoms with E-state index in [1.165, 1.54) is 0 Å². The van der Waals surface area contributed by atoms with Gasteiger partial charge in [-0.05, 0) is 31.0 Å². The summed E-state index contributed by atoms with van der Waals surface area (Å²) in [4.78, 5) is 30.5. The van der Waals surface area contributed by atoms with E-state index in [0.29, 0.717) is 30.5 Å². The van der Waals surface area contributed by atoms with Crippen molar-refractivity contribution in [2.75, 3.05) is 6.54 Å². The van der Waals surface area contributed by atoms with Gasteiger partial charge in [-0.15, -0.1) is 0 Å². The Morgan fingerprint density at radius 2 is 1.85 bits per heavy atom. The second-order valence-corrected chi connectivity index (χ2v) is 4.37. The molecule has 1 aromatic carbocycles. The lowest BCUT2D eigenvalue weighted by Crippen LogP contribution is -2.24. The maximum absolute atomic E-state index is 11.9. The number of fused-ring (bicyclic) bond motifs is 1. The molecule has 6 heteroatoms. The number of hydrogen-bond acceptors (Lipinski definition) is 4. The van der Waals surface area contributed by atoms with Gasteiger partial charge >= 0.3 is 5.97 Å². The molecule has 0 bridgehead atoms. The number of benzene rings is 1. The topological polar surface area (TPSA) is 92.2 Å². The maximum atomic E-state index is 11.9. The molecule has 6 nitrogen and oxygen atoms in total. The summed E-state index contributed by atoms with van der Waals surface area (Å²) in [5.74, 6) is -1.00. The average molecular weight is 273 g/mol. The number of amides is 1. The number of carbonyl (C=O) groups is 2. The Labute approximate surface area is 115 Å². The number of nitrogens with one attached hydrogen (secondary N) is 1. The van der Waals surface area contributed by atoms with E-state index in [0.717, 1.165) is 5.52 Å². The quantitative estimate of drug-likeness (QED) is 0.780. The summed E-state index contributed by atoms with van der Waals surface area (Å²) < 4.78 is 0. The average Bonchev–Trinajstić information content (AvgIpc) is 2.46. The Bertz CT molecular complexity index is 628. The standard InChI is InChI=1S/C14H15N3O3/c18-13(19)3-1-2-6-17-14(20)10-4-5-11-12(9-10)16-8-7-15-11/h4-5,7-9H,1-3,6H2,(H,17,20)(H,18,19). The van der Waals surface area contributed by atoms with Crippen molar-refractivity contribution in [3.05, 3.63) is 36.2 Å². The molecular formula is C14H15N3O3. The van der Waals surface area contributed by atoms with Crippen LogP contribution in [-0.2, 0) is 4.79 Å². The van der Waals surface area contributed by atoms with Gasteiger partial charge in [-0.1, -0.05) is 0 Å². The second-order valence-electron chi connectivity index (χ2n) is 4.37. The number of carboxylic acid groups (broad SMARTS) is 1. The van der Waals surface area contributed by atoms with E-state index in [2.05, 4.69) is 15.3 Å². The minimum absolute atomic E-state index is 0.126. The molecule has 0 unspecified atom stereocenters. The number of carboxylic acids is 1. The molecule has 2 N–H and O–H groups in total. The Balaban J connectivity index is 1.89. The van der Waals surface area contributed by atoms with Crippen molar-refractivity contribution in [2.24, 2.45) is 0 Å². The number of unbranched alkanes of at least 4 members (excludes halogenated alkanes) is 1. The van der Waals surface area contributed by atoms with E-state index in [1.54, 1.807) is 30.6 Å². The lowest BCUT2D eigenvalue weighted by Gasteiger charge is -2.05. The van der Waals surface area contributed by atoms with Crippen molar-refractivity contribution in [1.29, 1.82) is 0 Å². The molecule has 0 aliphatic heterocycles. The van der Waals surface area contributed by atoms with E-state index in [1.807, 2.05) is 0 Å². The zero-order chi connectivity index (χ0) is 14.4. The molecule has 0 aliphatic rings. The van der Waals surface area contributed by atoms with Crippen LogP contribution in [0, 0.1) is 0 Å². The van der Waals surface area contributed by atoms with Gasteiger partial charge < -0.3 is 10.4 Å². The molecular weight excluding hydrogens is 258 g/mol. The third-order valence-electron chi connectivity index (χ3n) is 2.83. The first-order valence-electron chi connectivity index (χ1n) is 6.37. The van der Waals surface area contributed by atoms with Crippen LogP contribution >= 0.6 is 0 Å². The maximum Gasteiger partial charge on any atom is 0.303 e. The molecule has 1 heterocycles. The molecule has 0 radical (unpaired) electrons. The molecule has 0 atom stereocenters. The van der Waals surface area contributed by atoms with Gasteiger partial charge in [-0.3, -0.25) is 19.6 Å². The third kappa shape index (κ3) is 3.74. The summed E-state index contributed by atoms with van der Waals surface area (Å²) in [7, 11) is 0. The third-order valence-corrected chi connectivity index (χ3v) is 2.83. The van der Waals surface area contributed by atoms with E-state index in [9.17, 15) is 9.59 Å². The summed E-state index contributed by atoms with van der Waals surface area (Å²) in [6.45, 7) is 0.463. The number of hydrogen-bond donors (Lipinski definition) is 2. The van der Waals surface area contributed by atoms with Crippen LogP contribution in [0.5, 0.6) is 0 Å². The van der Waals surface area contributed by atoms with Gasteiger partial charge in [0.05, 0.1) is 11.0 Å². The molecule has 0 spiro atoms. The van der Waals surface area contributed by atoms with Gasteiger partial charge in [0, 0.05) is 30.9 Å². The zero-order valence-corrected chi connectivity index (χ0v) is 10.9. The van der Waals surface area contributed by atoms with Crippen LogP contribution in [0.2, 0.25) is 0 Å². The smallest absolute Gasteiger partial charge is 0.303 e. The van der Waals surface area contributed by atoms with Crippen molar-refractivity contribution in [1.82, 2.24) is 15.3 Å². The Kier molecular flexibility index (Phi) is 4.60. The molecule has 0 saturated heterocycles. The van der Waals surface area contributed by atoms with Gasteiger partial charge in [-0.2, -0.15) is 0 Å². The second kappa shape index (κ2) is 6.60. The SMILES string of the molecule is O=C(O)CCCCNC(=O)c1ccc2nccnc2c1. The van der Waals surface area contributed by atoms with Crippen LogP contribution in [0.1, 0.15) is 29.6 Å². The molecule has 2 aromatic rings. The molecule has 0 aliphatic carbocycles. The van der Waals surface area contributed by atoms with Crippen LogP contribution in [0.3, 0.4) is 0 Å². The molecule has 2 rings (SSSR count). The van der Waals surface area contributed by atoms with Gasteiger partial charge in [0.15, 0.2) is 0 Å². The Hall–Kier alpha value is -2.50. The summed E-state index contributed by atoms with van der Waals surface area (Å²) in [5, 5.41) is 11.3. The van der Waals surface area contributed by atoms with Gasteiger partial charge in [0.25, 0.3) is 5.91 Å². The highest BCUT2D eigenvalue weighted by Crippen LogP contribution is 2.10. The predicted octanol–water partition coefficient (Wildman–Crippen LogP) is 1.61. The van der Waals surface area contributed by atoms with Crippen molar-refractivity contribution in [3.8, 4) is 0 Å². The first-order valence-corrected chi connectivity index (χ1v) is 6.37. The Morgan fingerprint density at radius 1 is 1.10 bits per heavy atom. The van der Waals surface area contributed by atoms with Gasteiger partial charge in [0.2, 0.25) is 0 Å². The van der Waals surface area contributed by atoms with Crippen molar-refractivity contribution < 1.29 is 14.7 Å². The highest BCUT2D eigenvalue weighted by molar-refractivity contribution is 5.97. The molecule has 0 fully saturated rings. The van der Waals surface area contributed by atoms with Crippen molar-refractivity contribution in [2.45, 2.75) is 19.3 Å². The largest absolute Gasteiger partial charge is 0.481 e. The lowest BCUT2D eigenvalue weighted by molar-refractivity contribution is -0.137. The minimum atomic E-state index is -0.815. The number of nitrogens with zero attached hydrogens (tertiary/aromatic N) is 2. The summed E-state index contributed by atoms with van der Waals surface area (Å²) in [6.07, 6.45) is 4.51. The van der Waals surface area contributed by atoms with Gasteiger partial charge in [0.1, 0.15) is 0 Å². The number of carbonyl (C=O) groups excluding carboxylic acids is 1. The van der Waals surface area contributed by atoms with Crippen LogP contribution in [-0.4, -0.2) is 33.5 Å². The van der Waals surface area contributed by atoms with Crippen LogP contribution in [0.25, 0.3) is 11.0 Å². The fraction of sp³-hybridized carbons (Fsp3) is 0.286. The van der Waals surface area contributed by atoms with Crippen LogP contribution in [0.4, 0.5) is 0 Å². The fourth-order valence-corrected chi connectivity index (χ4v) is 1.81. The first kappa shape index (κ1) is 13.9. The van der Waals surface area contributed by atoms with E-state index < -0.39 is 5.97 Å². The van der Waals surface area contributed by atoms with Crippen LogP contribution in [0.15, 0.2) is 30.6 Å². The fourth-order valence-electron chi connectivity index (χ4n) is 1.81. The zero-order valence-electron chi connectivity index (χ0n) is 10.9. The molecule has 104 valence electrons. The number of aliphatic carboxylic acids is 1. The van der Waals surface area contributed by atoms with E-state index in [4.69, 9.17) is 5.11 Å². The minimum Gasteiger partial charge on any atom is -0.481 e. The molecule has 1 amide bonds. The van der Waals surface area contributed by atoms with E-state index >= 15 is 0 Å². The highest BCUT2D eigenvalue weighted by atomic mass is 16.4. The molecule has 0 saturated carbocycles. The summed E-state index contributed by atoms with van der Waals surface area (Å²) in [6, 6.07) is 5.14.